The van der Waals surface area contributed by atoms with E-state index in [2.05, 4.69) is 22.2 Å². The Kier molecular flexibility index (Phi) is 6.35. The lowest BCUT2D eigenvalue weighted by molar-refractivity contribution is 0.491. The van der Waals surface area contributed by atoms with E-state index in [4.69, 9.17) is 5.73 Å². The number of rotatable bonds is 3. The smallest absolute Gasteiger partial charge is 0.0985 e. The van der Waals surface area contributed by atoms with Gasteiger partial charge < -0.3 is 5.73 Å². The summed E-state index contributed by atoms with van der Waals surface area (Å²) in [6.45, 7) is 5.82. The van der Waals surface area contributed by atoms with Crippen molar-refractivity contribution in [2.75, 3.05) is 0 Å². The molecule has 0 radical (unpaired) electrons. The number of nitrogens with one attached hydrogen (secondary N) is 1. The Labute approximate surface area is 74.4 Å². The standard InChI is InChI=1S/C9H17N3/c1-4-5-6-7-11-9(3)12-8(2)10/h7-9,12H,4,10H2,1-3H3. The van der Waals surface area contributed by atoms with Crippen molar-refractivity contribution in [3.63, 3.8) is 0 Å². The zero-order valence-electron chi connectivity index (χ0n) is 7.96. The molecule has 0 heterocycles. The van der Waals surface area contributed by atoms with E-state index >= 15 is 0 Å². The molecule has 0 aromatic heterocycles. The van der Waals surface area contributed by atoms with Crippen LogP contribution in [-0.2, 0) is 0 Å². The van der Waals surface area contributed by atoms with Crippen LogP contribution in [0.25, 0.3) is 0 Å². The predicted octanol–water partition coefficient (Wildman–Crippen LogP) is 0.711. The van der Waals surface area contributed by atoms with Crippen molar-refractivity contribution >= 4 is 6.21 Å². The van der Waals surface area contributed by atoms with E-state index in [1.54, 1.807) is 6.21 Å². The van der Waals surface area contributed by atoms with Gasteiger partial charge in [-0.15, -0.1) is 0 Å². The number of aliphatic imine (C=N–C) groups is 1. The second-order valence-corrected chi connectivity index (χ2v) is 2.58. The lowest BCUT2D eigenvalue weighted by Crippen LogP contribution is -2.39. The van der Waals surface area contributed by atoms with E-state index in [-0.39, 0.29) is 12.3 Å². The molecule has 0 bridgehead atoms. The van der Waals surface area contributed by atoms with Crippen molar-refractivity contribution in [3.05, 3.63) is 0 Å². The zero-order valence-corrected chi connectivity index (χ0v) is 7.96. The monoisotopic (exact) mass is 167 g/mol. The molecule has 0 saturated carbocycles. The van der Waals surface area contributed by atoms with Crippen LogP contribution in [0.15, 0.2) is 4.99 Å². The van der Waals surface area contributed by atoms with E-state index in [9.17, 15) is 0 Å². The summed E-state index contributed by atoms with van der Waals surface area (Å²) in [5.74, 6) is 5.72. The minimum absolute atomic E-state index is 0.0312. The van der Waals surface area contributed by atoms with Crippen molar-refractivity contribution in [1.29, 1.82) is 0 Å². The van der Waals surface area contributed by atoms with Gasteiger partial charge in [-0.05, 0) is 13.8 Å². The Morgan fingerprint density at radius 1 is 1.58 bits per heavy atom. The first-order valence-electron chi connectivity index (χ1n) is 4.18. The molecule has 0 saturated heterocycles. The molecule has 2 unspecified atom stereocenters. The van der Waals surface area contributed by atoms with E-state index in [1.807, 2.05) is 20.8 Å². The first kappa shape index (κ1) is 11.2. The summed E-state index contributed by atoms with van der Waals surface area (Å²) in [5, 5.41) is 3.03. The summed E-state index contributed by atoms with van der Waals surface area (Å²) < 4.78 is 0. The predicted molar refractivity (Wildman–Crippen MR) is 52.8 cm³/mol. The maximum Gasteiger partial charge on any atom is 0.0985 e. The second-order valence-electron chi connectivity index (χ2n) is 2.58. The molecule has 0 aromatic rings. The van der Waals surface area contributed by atoms with Gasteiger partial charge in [0.2, 0.25) is 0 Å². The Morgan fingerprint density at radius 3 is 2.75 bits per heavy atom. The lowest BCUT2D eigenvalue weighted by Gasteiger charge is -2.11. The van der Waals surface area contributed by atoms with Gasteiger partial charge in [0.15, 0.2) is 0 Å². The fraction of sp³-hybridized carbons (Fsp3) is 0.667. The van der Waals surface area contributed by atoms with Crippen molar-refractivity contribution in [2.45, 2.75) is 39.5 Å². The van der Waals surface area contributed by atoms with Gasteiger partial charge >= 0.3 is 0 Å². The van der Waals surface area contributed by atoms with Gasteiger partial charge in [0.05, 0.1) is 18.5 Å². The van der Waals surface area contributed by atoms with Crippen molar-refractivity contribution in [1.82, 2.24) is 5.32 Å². The van der Waals surface area contributed by atoms with Crippen LogP contribution in [0.2, 0.25) is 0 Å². The van der Waals surface area contributed by atoms with E-state index < -0.39 is 0 Å². The fourth-order valence-electron chi connectivity index (χ4n) is 0.720. The molecule has 0 aliphatic rings. The Hall–Kier alpha value is -0.850. The quantitative estimate of drug-likeness (QED) is 0.369. The molecule has 12 heavy (non-hydrogen) atoms. The third-order valence-electron chi connectivity index (χ3n) is 1.15. The van der Waals surface area contributed by atoms with Crippen LogP contribution in [0.4, 0.5) is 0 Å². The molecule has 0 fully saturated rings. The van der Waals surface area contributed by atoms with Gasteiger partial charge in [0.25, 0.3) is 0 Å². The number of nitrogens with zero attached hydrogens (tertiary/aromatic N) is 1. The molecular formula is C9H17N3. The van der Waals surface area contributed by atoms with Gasteiger partial charge in [0, 0.05) is 6.42 Å². The van der Waals surface area contributed by atoms with Gasteiger partial charge in [-0.25, -0.2) is 0 Å². The minimum Gasteiger partial charge on any atom is -0.316 e. The Morgan fingerprint density at radius 2 is 2.25 bits per heavy atom. The summed E-state index contributed by atoms with van der Waals surface area (Å²) in [6.07, 6.45) is 2.48. The third-order valence-corrected chi connectivity index (χ3v) is 1.15. The summed E-state index contributed by atoms with van der Waals surface area (Å²) in [5.41, 5.74) is 5.50. The van der Waals surface area contributed by atoms with Gasteiger partial charge in [0.1, 0.15) is 0 Å². The largest absolute Gasteiger partial charge is 0.316 e. The molecule has 2 atom stereocenters. The Bertz CT molecular complexity index is 186. The average Bonchev–Trinajstić information content (AvgIpc) is 1.97. The highest BCUT2D eigenvalue weighted by atomic mass is 15.1. The van der Waals surface area contributed by atoms with Crippen LogP contribution >= 0.6 is 0 Å². The maximum atomic E-state index is 5.50. The van der Waals surface area contributed by atoms with Gasteiger partial charge in [-0.2, -0.15) is 0 Å². The summed E-state index contributed by atoms with van der Waals surface area (Å²) >= 11 is 0. The molecule has 0 amide bonds. The van der Waals surface area contributed by atoms with E-state index in [0.717, 1.165) is 6.42 Å². The molecule has 3 N–H and O–H groups in total. The molecule has 68 valence electrons. The van der Waals surface area contributed by atoms with Crippen LogP contribution in [0.3, 0.4) is 0 Å². The molecular weight excluding hydrogens is 150 g/mol. The topological polar surface area (TPSA) is 50.4 Å². The normalized spacial score (nSPS) is 15.3. The number of hydrogen-bond donors (Lipinski definition) is 2. The SMILES string of the molecule is CCC#CC=NC(C)NC(C)N. The van der Waals surface area contributed by atoms with Crippen LogP contribution in [0.5, 0.6) is 0 Å². The fourth-order valence-corrected chi connectivity index (χ4v) is 0.720. The first-order valence-corrected chi connectivity index (χ1v) is 4.18. The van der Waals surface area contributed by atoms with E-state index in [1.165, 1.54) is 0 Å². The molecule has 0 spiro atoms. The summed E-state index contributed by atoms with van der Waals surface area (Å²) in [4.78, 5) is 4.11. The van der Waals surface area contributed by atoms with Crippen LogP contribution in [0.1, 0.15) is 27.2 Å². The highest BCUT2D eigenvalue weighted by molar-refractivity contribution is 5.78. The number of nitrogens with two attached hydrogens (primary N) is 1. The van der Waals surface area contributed by atoms with Crippen LogP contribution < -0.4 is 11.1 Å². The molecule has 0 aliphatic heterocycles. The average molecular weight is 167 g/mol. The van der Waals surface area contributed by atoms with Crippen molar-refractivity contribution < 1.29 is 0 Å². The lowest BCUT2D eigenvalue weighted by atomic mass is 10.4. The highest BCUT2D eigenvalue weighted by Gasteiger charge is 1.97. The Balaban J connectivity index is 3.67. The molecule has 0 aromatic carbocycles. The third kappa shape index (κ3) is 7.26. The molecule has 3 heteroatoms. The summed E-state index contributed by atoms with van der Waals surface area (Å²) in [6, 6.07) is 0. The molecule has 0 aliphatic carbocycles. The first-order chi connectivity index (χ1) is 5.66. The van der Waals surface area contributed by atoms with Gasteiger partial charge in [-0.3, -0.25) is 10.3 Å². The second kappa shape index (κ2) is 6.84. The van der Waals surface area contributed by atoms with Gasteiger partial charge in [-0.1, -0.05) is 18.8 Å². The van der Waals surface area contributed by atoms with Crippen LogP contribution in [-0.4, -0.2) is 18.5 Å². The highest BCUT2D eigenvalue weighted by Crippen LogP contribution is 1.82. The minimum atomic E-state index is -0.0312. The van der Waals surface area contributed by atoms with Crippen molar-refractivity contribution in [3.8, 4) is 11.8 Å². The molecule has 3 nitrogen and oxygen atoms in total. The summed E-state index contributed by atoms with van der Waals surface area (Å²) in [7, 11) is 0. The van der Waals surface area contributed by atoms with Crippen molar-refractivity contribution in [2.24, 2.45) is 10.7 Å². The van der Waals surface area contributed by atoms with E-state index in [0.29, 0.717) is 0 Å². The zero-order chi connectivity index (χ0) is 9.40. The molecule has 0 rings (SSSR count). The number of hydrogen-bond acceptors (Lipinski definition) is 3. The maximum absolute atomic E-state index is 5.50. The van der Waals surface area contributed by atoms with Crippen LogP contribution in [0, 0.1) is 11.8 Å².